The minimum absolute atomic E-state index is 0.0440. The van der Waals surface area contributed by atoms with Gasteiger partial charge in [0.2, 0.25) is 11.8 Å². The van der Waals surface area contributed by atoms with Crippen molar-refractivity contribution in [2.45, 2.75) is 19.9 Å². The Balaban J connectivity index is 2.32. The van der Waals surface area contributed by atoms with Crippen LogP contribution in [-0.4, -0.2) is 24.4 Å². The standard InChI is InChI=1S/C13H15ClN2O2/c1-8(2)12-13(18)16(7-11(17)15-12)10-5-3-4-9(14)6-10/h3-6,8,12H,7H2,1-2H3,(H,15,17). The van der Waals surface area contributed by atoms with Gasteiger partial charge in [0, 0.05) is 10.7 Å². The van der Waals surface area contributed by atoms with E-state index in [2.05, 4.69) is 5.32 Å². The quantitative estimate of drug-likeness (QED) is 0.888. The molecule has 5 heteroatoms. The zero-order chi connectivity index (χ0) is 13.3. The first-order valence-corrected chi connectivity index (χ1v) is 6.23. The molecule has 1 saturated heterocycles. The van der Waals surface area contributed by atoms with Crippen molar-refractivity contribution in [3.63, 3.8) is 0 Å². The van der Waals surface area contributed by atoms with Crippen molar-refractivity contribution in [3.8, 4) is 0 Å². The second-order valence-corrected chi connectivity index (χ2v) is 5.13. The predicted octanol–water partition coefficient (Wildman–Crippen LogP) is 1.83. The molecule has 2 rings (SSSR count). The van der Waals surface area contributed by atoms with Crippen LogP contribution in [0.3, 0.4) is 0 Å². The molecule has 18 heavy (non-hydrogen) atoms. The van der Waals surface area contributed by atoms with Gasteiger partial charge in [0.1, 0.15) is 12.6 Å². The predicted molar refractivity (Wildman–Crippen MR) is 70.6 cm³/mol. The summed E-state index contributed by atoms with van der Waals surface area (Å²) >= 11 is 5.91. The van der Waals surface area contributed by atoms with Crippen LogP contribution >= 0.6 is 11.6 Å². The molecule has 0 aliphatic carbocycles. The molecule has 1 unspecified atom stereocenters. The summed E-state index contributed by atoms with van der Waals surface area (Å²) in [4.78, 5) is 25.4. The van der Waals surface area contributed by atoms with Gasteiger partial charge in [-0.1, -0.05) is 31.5 Å². The molecule has 0 spiro atoms. The Bertz CT molecular complexity index is 488. The number of anilines is 1. The zero-order valence-electron chi connectivity index (χ0n) is 10.3. The SMILES string of the molecule is CC(C)C1NC(=O)CN(c2cccc(Cl)c2)C1=O. The van der Waals surface area contributed by atoms with Crippen molar-refractivity contribution in [3.05, 3.63) is 29.3 Å². The third kappa shape index (κ3) is 2.48. The first kappa shape index (κ1) is 12.9. The minimum Gasteiger partial charge on any atom is -0.342 e. The van der Waals surface area contributed by atoms with Crippen molar-refractivity contribution in [1.82, 2.24) is 5.32 Å². The van der Waals surface area contributed by atoms with Gasteiger partial charge in [-0.05, 0) is 24.1 Å². The van der Waals surface area contributed by atoms with Crippen LogP contribution in [0.1, 0.15) is 13.8 Å². The monoisotopic (exact) mass is 266 g/mol. The van der Waals surface area contributed by atoms with Gasteiger partial charge in [-0.15, -0.1) is 0 Å². The highest BCUT2D eigenvalue weighted by Gasteiger charge is 2.35. The minimum atomic E-state index is -0.467. The van der Waals surface area contributed by atoms with Gasteiger partial charge in [-0.2, -0.15) is 0 Å². The van der Waals surface area contributed by atoms with Gasteiger partial charge >= 0.3 is 0 Å². The van der Waals surface area contributed by atoms with E-state index >= 15 is 0 Å². The van der Waals surface area contributed by atoms with Gasteiger partial charge in [0.15, 0.2) is 0 Å². The van der Waals surface area contributed by atoms with Crippen molar-refractivity contribution in [2.75, 3.05) is 11.4 Å². The van der Waals surface area contributed by atoms with Gasteiger partial charge in [0.05, 0.1) is 0 Å². The lowest BCUT2D eigenvalue weighted by Gasteiger charge is -2.34. The molecule has 0 aromatic heterocycles. The van der Waals surface area contributed by atoms with Crippen molar-refractivity contribution < 1.29 is 9.59 Å². The normalized spacial score (nSPS) is 20.2. The smallest absolute Gasteiger partial charge is 0.250 e. The van der Waals surface area contributed by atoms with Crippen LogP contribution < -0.4 is 10.2 Å². The van der Waals surface area contributed by atoms with Crippen molar-refractivity contribution in [1.29, 1.82) is 0 Å². The lowest BCUT2D eigenvalue weighted by molar-refractivity contribution is -0.132. The third-order valence-corrected chi connectivity index (χ3v) is 3.17. The summed E-state index contributed by atoms with van der Waals surface area (Å²) < 4.78 is 0. The maximum atomic E-state index is 12.3. The third-order valence-electron chi connectivity index (χ3n) is 2.94. The maximum absolute atomic E-state index is 12.3. The lowest BCUT2D eigenvalue weighted by atomic mass is 10.0. The fourth-order valence-corrected chi connectivity index (χ4v) is 2.17. The summed E-state index contributed by atoms with van der Waals surface area (Å²) in [6.45, 7) is 3.86. The number of nitrogens with one attached hydrogen (secondary N) is 1. The second kappa shape index (κ2) is 4.98. The largest absolute Gasteiger partial charge is 0.342 e. The molecule has 1 aromatic rings. The fourth-order valence-electron chi connectivity index (χ4n) is 1.98. The van der Waals surface area contributed by atoms with E-state index in [1.165, 1.54) is 4.90 Å². The molecular weight excluding hydrogens is 252 g/mol. The highest BCUT2D eigenvalue weighted by atomic mass is 35.5. The number of halogens is 1. The number of carbonyl (C=O) groups is 2. The van der Waals surface area contributed by atoms with E-state index in [0.29, 0.717) is 10.7 Å². The van der Waals surface area contributed by atoms with Crippen LogP contribution in [0.2, 0.25) is 5.02 Å². The molecule has 0 bridgehead atoms. The summed E-state index contributed by atoms with van der Waals surface area (Å²) in [5.41, 5.74) is 0.660. The van der Waals surface area contributed by atoms with Gasteiger partial charge in [-0.3, -0.25) is 9.59 Å². The number of carbonyl (C=O) groups excluding carboxylic acids is 2. The van der Waals surface area contributed by atoms with Crippen LogP contribution in [0.4, 0.5) is 5.69 Å². The molecule has 0 radical (unpaired) electrons. The number of piperazine rings is 1. The summed E-state index contributed by atoms with van der Waals surface area (Å²) in [5, 5.41) is 3.27. The number of benzene rings is 1. The Labute approximate surface area is 111 Å². The number of nitrogens with zero attached hydrogens (tertiary/aromatic N) is 1. The Kier molecular flexibility index (Phi) is 3.57. The zero-order valence-corrected chi connectivity index (χ0v) is 11.1. The van der Waals surface area contributed by atoms with Crippen molar-refractivity contribution in [2.24, 2.45) is 5.92 Å². The first-order chi connectivity index (χ1) is 8.49. The summed E-state index contributed by atoms with van der Waals surface area (Å²) in [6.07, 6.45) is 0. The maximum Gasteiger partial charge on any atom is 0.250 e. The summed E-state index contributed by atoms with van der Waals surface area (Å²) in [6, 6.07) is 6.50. The molecule has 0 saturated carbocycles. The van der Waals surface area contributed by atoms with Gasteiger partial charge in [-0.25, -0.2) is 0 Å². The molecule has 1 aliphatic heterocycles. The van der Waals surface area contributed by atoms with Crippen molar-refractivity contribution >= 4 is 29.1 Å². The van der Waals surface area contributed by atoms with Crippen LogP contribution in [0.25, 0.3) is 0 Å². The number of rotatable bonds is 2. The van der Waals surface area contributed by atoms with Gasteiger partial charge in [0.25, 0.3) is 0 Å². The van der Waals surface area contributed by atoms with E-state index in [4.69, 9.17) is 11.6 Å². The number of amides is 2. The van der Waals surface area contributed by atoms with Crippen LogP contribution in [-0.2, 0) is 9.59 Å². The Morgan fingerprint density at radius 2 is 2.11 bits per heavy atom. The highest BCUT2D eigenvalue weighted by molar-refractivity contribution is 6.31. The molecular formula is C13H15ClN2O2. The van der Waals surface area contributed by atoms with E-state index in [0.717, 1.165) is 0 Å². The van der Waals surface area contributed by atoms with Crippen LogP contribution in [0.5, 0.6) is 0 Å². The molecule has 1 fully saturated rings. The van der Waals surface area contributed by atoms with Gasteiger partial charge < -0.3 is 10.2 Å². The highest BCUT2D eigenvalue weighted by Crippen LogP contribution is 2.22. The fraction of sp³-hybridized carbons (Fsp3) is 0.385. The second-order valence-electron chi connectivity index (χ2n) is 4.69. The number of hydrogen-bond donors (Lipinski definition) is 1. The molecule has 1 aliphatic rings. The Morgan fingerprint density at radius 1 is 1.39 bits per heavy atom. The molecule has 1 N–H and O–H groups in total. The van der Waals surface area contributed by atoms with E-state index < -0.39 is 6.04 Å². The topological polar surface area (TPSA) is 49.4 Å². The molecule has 2 amide bonds. The first-order valence-electron chi connectivity index (χ1n) is 5.85. The Hall–Kier alpha value is -1.55. The molecule has 1 heterocycles. The van der Waals surface area contributed by atoms with Crippen LogP contribution in [0, 0.1) is 5.92 Å². The van der Waals surface area contributed by atoms with E-state index in [1.807, 2.05) is 13.8 Å². The molecule has 96 valence electrons. The Morgan fingerprint density at radius 3 is 2.72 bits per heavy atom. The molecule has 4 nitrogen and oxygen atoms in total. The molecule has 1 aromatic carbocycles. The summed E-state index contributed by atoms with van der Waals surface area (Å²) in [7, 11) is 0. The lowest BCUT2D eigenvalue weighted by Crippen LogP contribution is -2.60. The average Bonchev–Trinajstić information content (AvgIpc) is 2.31. The van der Waals surface area contributed by atoms with E-state index in [1.54, 1.807) is 24.3 Å². The average molecular weight is 267 g/mol. The molecule has 1 atom stereocenters. The summed E-state index contributed by atoms with van der Waals surface area (Å²) in [5.74, 6) is -0.177. The van der Waals surface area contributed by atoms with Crippen LogP contribution in [0.15, 0.2) is 24.3 Å². The van der Waals surface area contributed by atoms with E-state index in [-0.39, 0.29) is 24.3 Å². The van der Waals surface area contributed by atoms with E-state index in [9.17, 15) is 9.59 Å². The number of hydrogen-bond acceptors (Lipinski definition) is 2.